The molecule has 1 heterocycles. The van der Waals surface area contributed by atoms with Crippen molar-refractivity contribution in [2.24, 2.45) is 0 Å². The highest BCUT2D eigenvalue weighted by atomic mass is 16.5. The molecule has 0 atom stereocenters. The molecule has 1 aromatic rings. The smallest absolute Gasteiger partial charge is 0.303 e. The van der Waals surface area contributed by atoms with E-state index < -0.39 is 5.97 Å². The summed E-state index contributed by atoms with van der Waals surface area (Å²) in [5.74, 6) is -0.518. The molecule has 0 aliphatic carbocycles. The fourth-order valence-electron chi connectivity index (χ4n) is 1.10. The van der Waals surface area contributed by atoms with Crippen molar-refractivity contribution < 1.29 is 19.2 Å². The number of hydrogen-bond acceptors (Lipinski definition) is 5. The number of carbonyl (C=O) groups excluding carboxylic acids is 1. The summed E-state index contributed by atoms with van der Waals surface area (Å²) in [6.07, 6.45) is 2.31. The predicted octanol–water partition coefficient (Wildman–Crippen LogP) is -0.0168. The Kier molecular flexibility index (Phi) is 4.97. The molecule has 0 radical (unpaired) electrons. The van der Waals surface area contributed by atoms with Crippen molar-refractivity contribution in [3.63, 3.8) is 0 Å². The Bertz CT molecular complexity index is 337. The number of nitrogens with zero attached hydrogens (tertiary/aromatic N) is 2. The highest BCUT2D eigenvalue weighted by Gasteiger charge is 2.04. The van der Waals surface area contributed by atoms with Gasteiger partial charge in [0.15, 0.2) is 5.82 Å². The first-order valence-electron chi connectivity index (χ1n) is 4.92. The summed E-state index contributed by atoms with van der Waals surface area (Å²) in [7, 11) is 0. The van der Waals surface area contributed by atoms with Gasteiger partial charge >= 0.3 is 5.97 Å². The lowest BCUT2D eigenvalue weighted by Gasteiger charge is -2.01. The van der Waals surface area contributed by atoms with Crippen LogP contribution in [0.4, 0.5) is 0 Å². The van der Waals surface area contributed by atoms with E-state index in [9.17, 15) is 9.59 Å². The standard InChI is InChI=1S/C9H13N3O4/c13-8(2-1-3-9(14)15)10-5-4-7-11-6-16-12-7/h6H,1-5H2,(H,10,13)(H,14,15). The van der Waals surface area contributed by atoms with Gasteiger partial charge < -0.3 is 14.9 Å². The van der Waals surface area contributed by atoms with Crippen LogP contribution in [0.5, 0.6) is 0 Å². The second kappa shape index (κ2) is 6.54. The molecule has 0 aromatic carbocycles. The zero-order valence-corrected chi connectivity index (χ0v) is 8.68. The molecular weight excluding hydrogens is 214 g/mol. The number of aliphatic carboxylic acids is 1. The maximum absolute atomic E-state index is 11.2. The summed E-state index contributed by atoms with van der Waals surface area (Å²) in [4.78, 5) is 25.2. The molecule has 0 saturated heterocycles. The van der Waals surface area contributed by atoms with Crippen LogP contribution in [0.25, 0.3) is 0 Å². The van der Waals surface area contributed by atoms with Gasteiger partial charge in [0.2, 0.25) is 12.3 Å². The minimum atomic E-state index is -0.889. The largest absolute Gasteiger partial charge is 0.481 e. The Morgan fingerprint density at radius 1 is 1.44 bits per heavy atom. The van der Waals surface area contributed by atoms with Gasteiger partial charge in [-0.3, -0.25) is 9.59 Å². The average molecular weight is 227 g/mol. The monoisotopic (exact) mass is 227 g/mol. The highest BCUT2D eigenvalue weighted by Crippen LogP contribution is 1.95. The molecule has 1 rings (SSSR count). The minimum absolute atomic E-state index is 0.0122. The predicted molar refractivity (Wildman–Crippen MR) is 52.5 cm³/mol. The van der Waals surface area contributed by atoms with Gasteiger partial charge in [-0.05, 0) is 6.42 Å². The maximum Gasteiger partial charge on any atom is 0.303 e. The third-order valence-electron chi connectivity index (χ3n) is 1.87. The summed E-state index contributed by atoms with van der Waals surface area (Å²) < 4.78 is 4.52. The fraction of sp³-hybridized carbons (Fsp3) is 0.556. The van der Waals surface area contributed by atoms with Crippen molar-refractivity contribution in [3.8, 4) is 0 Å². The molecule has 7 nitrogen and oxygen atoms in total. The zero-order chi connectivity index (χ0) is 11.8. The molecule has 0 saturated carbocycles. The Balaban J connectivity index is 2.04. The van der Waals surface area contributed by atoms with E-state index in [0.29, 0.717) is 25.2 Å². The molecule has 0 aliphatic heterocycles. The van der Waals surface area contributed by atoms with Crippen molar-refractivity contribution >= 4 is 11.9 Å². The Morgan fingerprint density at radius 3 is 2.88 bits per heavy atom. The number of rotatable bonds is 7. The SMILES string of the molecule is O=C(O)CCCC(=O)NCCc1ncon1. The van der Waals surface area contributed by atoms with Crippen LogP contribution < -0.4 is 5.32 Å². The Morgan fingerprint density at radius 2 is 2.25 bits per heavy atom. The number of carboxylic acid groups (broad SMARTS) is 1. The molecule has 88 valence electrons. The van der Waals surface area contributed by atoms with E-state index in [1.54, 1.807) is 0 Å². The molecule has 0 fully saturated rings. The summed E-state index contributed by atoms with van der Waals surface area (Å²) in [6.45, 7) is 0.422. The average Bonchev–Trinajstić information content (AvgIpc) is 2.70. The zero-order valence-electron chi connectivity index (χ0n) is 8.68. The Hall–Kier alpha value is -1.92. The number of carbonyl (C=O) groups is 2. The molecule has 1 aromatic heterocycles. The van der Waals surface area contributed by atoms with Crippen molar-refractivity contribution in [1.82, 2.24) is 15.5 Å². The van der Waals surface area contributed by atoms with Crippen LogP contribution in [0.15, 0.2) is 10.9 Å². The van der Waals surface area contributed by atoms with Crippen LogP contribution in [0, 0.1) is 0 Å². The van der Waals surface area contributed by atoms with Crippen LogP contribution in [-0.2, 0) is 16.0 Å². The van der Waals surface area contributed by atoms with Gasteiger partial charge in [0, 0.05) is 25.8 Å². The number of hydrogen-bond donors (Lipinski definition) is 2. The molecule has 0 bridgehead atoms. The molecule has 0 aliphatic rings. The quantitative estimate of drug-likeness (QED) is 0.678. The van der Waals surface area contributed by atoms with Gasteiger partial charge in [-0.1, -0.05) is 5.16 Å². The molecule has 7 heteroatoms. The topological polar surface area (TPSA) is 105 Å². The molecule has 0 unspecified atom stereocenters. The van der Waals surface area contributed by atoms with Gasteiger partial charge in [-0.15, -0.1) is 0 Å². The van der Waals surface area contributed by atoms with E-state index in [-0.39, 0.29) is 18.7 Å². The van der Waals surface area contributed by atoms with E-state index in [1.165, 1.54) is 6.39 Å². The second-order valence-electron chi connectivity index (χ2n) is 3.19. The lowest BCUT2D eigenvalue weighted by Crippen LogP contribution is -2.25. The van der Waals surface area contributed by atoms with E-state index in [0.717, 1.165) is 0 Å². The van der Waals surface area contributed by atoms with Gasteiger partial charge in [0.05, 0.1) is 0 Å². The van der Waals surface area contributed by atoms with Gasteiger partial charge in [0.25, 0.3) is 0 Å². The summed E-state index contributed by atoms with van der Waals surface area (Å²) in [6, 6.07) is 0. The summed E-state index contributed by atoms with van der Waals surface area (Å²) in [5.41, 5.74) is 0. The van der Waals surface area contributed by atoms with Crippen LogP contribution in [0.1, 0.15) is 25.1 Å². The highest BCUT2D eigenvalue weighted by molar-refractivity contribution is 5.76. The third-order valence-corrected chi connectivity index (χ3v) is 1.87. The first-order valence-corrected chi connectivity index (χ1v) is 4.92. The molecule has 2 N–H and O–H groups in total. The first kappa shape index (κ1) is 12.2. The van der Waals surface area contributed by atoms with Crippen molar-refractivity contribution in [1.29, 1.82) is 0 Å². The Labute approximate surface area is 91.8 Å². The van der Waals surface area contributed by atoms with Crippen molar-refractivity contribution in [2.45, 2.75) is 25.7 Å². The number of carboxylic acids is 1. The lowest BCUT2D eigenvalue weighted by atomic mass is 10.2. The number of amides is 1. The van der Waals surface area contributed by atoms with Crippen molar-refractivity contribution in [3.05, 3.63) is 12.2 Å². The minimum Gasteiger partial charge on any atom is -0.481 e. The molecular formula is C9H13N3O4. The maximum atomic E-state index is 11.2. The van der Waals surface area contributed by atoms with E-state index in [4.69, 9.17) is 5.11 Å². The molecule has 0 spiro atoms. The first-order chi connectivity index (χ1) is 7.68. The van der Waals surface area contributed by atoms with E-state index in [2.05, 4.69) is 20.0 Å². The van der Waals surface area contributed by atoms with Crippen LogP contribution in [0.2, 0.25) is 0 Å². The van der Waals surface area contributed by atoms with Gasteiger partial charge in [0.1, 0.15) is 0 Å². The number of nitrogens with one attached hydrogen (secondary N) is 1. The van der Waals surface area contributed by atoms with Gasteiger partial charge in [-0.2, -0.15) is 4.98 Å². The van der Waals surface area contributed by atoms with E-state index >= 15 is 0 Å². The normalized spacial score (nSPS) is 10.0. The van der Waals surface area contributed by atoms with Gasteiger partial charge in [-0.25, -0.2) is 0 Å². The summed E-state index contributed by atoms with van der Waals surface area (Å²) in [5, 5.41) is 14.6. The van der Waals surface area contributed by atoms with Crippen molar-refractivity contribution in [2.75, 3.05) is 6.54 Å². The summed E-state index contributed by atoms with van der Waals surface area (Å²) >= 11 is 0. The third kappa shape index (κ3) is 5.08. The lowest BCUT2D eigenvalue weighted by molar-refractivity contribution is -0.137. The fourth-order valence-corrected chi connectivity index (χ4v) is 1.10. The second-order valence-corrected chi connectivity index (χ2v) is 3.19. The van der Waals surface area contributed by atoms with Crippen LogP contribution in [0.3, 0.4) is 0 Å². The van der Waals surface area contributed by atoms with E-state index in [1.807, 2.05) is 0 Å². The molecule has 1 amide bonds. The molecule has 16 heavy (non-hydrogen) atoms. The van der Waals surface area contributed by atoms with Crippen LogP contribution >= 0.6 is 0 Å². The number of aromatic nitrogens is 2. The van der Waals surface area contributed by atoms with Crippen LogP contribution in [-0.4, -0.2) is 33.7 Å².